The van der Waals surface area contributed by atoms with Crippen LogP contribution in [0, 0.1) is 6.92 Å². The topological polar surface area (TPSA) is 128 Å². The van der Waals surface area contributed by atoms with E-state index < -0.39 is 22.2 Å². The van der Waals surface area contributed by atoms with Crippen molar-refractivity contribution in [2.24, 2.45) is 5.73 Å². The zero-order valence-corrected chi connectivity index (χ0v) is 17.7. The summed E-state index contributed by atoms with van der Waals surface area (Å²) in [7, 11) is -4.18. The summed E-state index contributed by atoms with van der Waals surface area (Å²) in [6, 6.07) is 8.43. The highest BCUT2D eigenvalue weighted by Gasteiger charge is 2.35. The number of rotatable bonds is 2. The first-order valence-electron chi connectivity index (χ1n) is 9.46. The van der Waals surface area contributed by atoms with E-state index >= 15 is 0 Å². The molecule has 0 spiro atoms. The van der Waals surface area contributed by atoms with Gasteiger partial charge in [-0.05, 0) is 60.3 Å². The van der Waals surface area contributed by atoms with Gasteiger partial charge in [-0.2, -0.15) is 21.6 Å². The molecule has 8 nitrogen and oxygen atoms in total. The molecule has 0 bridgehead atoms. The fourth-order valence-electron chi connectivity index (χ4n) is 3.65. The van der Waals surface area contributed by atoms with E-state index in [-0.39, 0.29) is 17.6 Å². The van der Waals surface area contributed by atoms with Crippen LogP contribution in [0.1, 0.15) is 28.2 Å². The number of carbonyl (C=O) groups excluding carboxylic acids is 1. The first-order valence-corrected chi connectivity index (χ1v) is 10.9. The Balaban J connectivity index is 0.000000360. The third kappa shape index (κ3) is 5.14. The van der Waals surface area contributed by atoms with Crippen molar-refractivity contribution in [2.45, 2.75) is 30.3 Å². The Bertz CT molecular complexity index is 1120. The van der Waals surface area contributed by atoms with Gasteiger partial charge < -0.3 is 20.5 Å². The number of alkyl halides is 3. The first kappa shape index (κ1) is 23.8. The van der Waals surface area contributed by atoms with Gasteiger partial charge in [0.05, 0.1) is 4.90 Å². The van der Waals surface area contributed by atoms with Crippen LogP contribution in [0.25, 0.3) is 0 Å². The second kappa shape index (κ2) is 8.96. The highest BCUT2D eigenvalue weighted by Crippen LogP contribution is 2.43. The number of hydrogen-bond acceptors (Lipinski definition) is 6. The molecule has 0 fully saturated rings. The monoisotopic (exact) mass is 474 g/mol. The largest absolute Gasteiger partial charge is 0.470 e. The van der Waals surface area contributed by atoms with Crippen LogP contribution in [-0.2, 0) is 21.3 Å². The molecule has 2 aromatic rings. The van der Waals surface area contributed by atoms with E-state index in [1.165, 1.54) is 23.3 Å². The zero-order valence-electron chi connectivity index (χ0n) is 16.9. The molecule has 2 heterocycles. The van der Waals surface area contributed by atoms with Crippen molar-refractivity contribution in [2.75, 3.05) is 19.9 Å². The third-order valence-electron chi connectivity index (χ3n) is 5.21. The molecule has 0 aliphatic carbocycles. The Morgan fingerprint density at radius 1 is 1.22 bits per heavy atom. The van der Waals surface area contributed by atoms with Crippen molar-refractivity contribution in [1.82, 2.24) is 5.32 Å². The maximum atomic E-state index is 11.3. The molecule has 0 saturated heterocycles. The highest BCUT2D eigenvalue weighted by atomic mass is 32.2. The van der Waals surface area contributed by atoms with Crippen LogP contribution in [0.15, 0.2) is 35.2 Å². The Morgan fingerprint density at radius 3 is 2.41 bits per heavy atom. The van der Waals surface area contributed by atoms with Gasteiger partial charge in [0.1, 0.15) is 0 Å². The number of nitrogens with two attached hydrogens (primary N) is 1. The summed E-state index contributed by atoms with van der Waals surface area (Å²) in [6.07, 6.45) is -3.96. The summed E-state index contributed by atoms with van der Waals surface area (Å²) in [5.74, 6) is -0.604. The van der Waals surface area contributed by atoms with Crippen LogP contribution in [0.4, 0.5) is 13.2 Å². The SMILES string of the molecule is Cc1c2c(cc3c1OCO3)C(c1ccc(S(=O)(=O)O)cc1)CNCC2.NC(=O)C(F)(F)F. The summed E-state index contributed by atoms with van der Waals surface area (Å²) in [4.78, 5) is 9.02. The van der Waals surface area contributed by atoms with Crippen molar-refractivity contribution in [3.8, 4) is 11.5 Å². The molecule has 32 heavy (non-hydrogen) atoms. The van der Waals surface area contributed by atoms with Crippen LogP contribution in [-0.4, -0.2) is 44.9 Å². The third-order valence-corrected chi connectivity index (χ3v) is 6.07. The van der Waals surface area contributed by atoms with E-state index in [4.69, 9.17) is 18.8 Å². The number of halogens is 3. The molecule has 4 rings (SSSR count). The van der Waals surface area contributed by atoms with Crippen LogP contribution in [0.5, 0.6) is 11.5 Å². The van der Waals surface area contributed by atoms with E-state index in [1.54, 1.807) is 12.1 Å². The summed E-state index contributed by atoms with van der Waals surface area (Å²) >= 11 is 0. The highest BCUT2D eigenvalue weighted by molar-refractivity contribution is 7.85. The van der Waals surface area contributed by atoms with E-state index in [0.717, 1.165) is 42.1 Å². The van der Waals surface area contributed by atoms with Gasteiger partial charge in [-0.3, -0.25) is 9.35 Å². The molecular weight excluding hydrogens is 453 g/mol. The second-order valence-electron chi connectivity index (χ2n) is 7.22. The molecule has 174 valence electrons. The number of benzene rings is 2. The van der Waals surface area contributed by atoms with Gasteiger partial charge in [0, 0.05) is 12.5 Å². The van der Waals surface area contributed by atoms with E-state index in [0.29, 0.717) is 0 Å². The fraction of sp³-hybridized carbons (Fsp3) is 0.350. The number of fused-ring (bicyclic) bond motifs is 2. The van der Waals surface area contributed by atoms with Crippen molar-refractivity contribution < 1.29 is 40.4 Å². The minimum atomic E-state index is -4.86. The smallest absolute Gasteiger partial charge is 0.454 e. The Kier molecular flexibility index (Phi) is 6.67. The predicted octanol–water partition coefficient (Wildman–Crippen LogP) is 2.28. The lowest BCUT2D eigenvalue weighted by atomic mass is 9.86. The fourth-order valence-corrected chi connectivity index (χ4v) is 4.13. The van der Waals surface area contributed by atoms with Gasteiger partial charge in [-0.1, -0.05) is 12.1 Å². The van der Waals surface area contributed by atoms with Gasteiger partial charge in [-0.15, -0.1) is 0 Å². The second-order valence-corrected chi connectivity index (χ2v) is 8.64. The molecule has 0 saturated carbocycles. The maximum absolute atomic E-state index is 11.3. The Hall–Kier alpha value is -2.83. The normalized spacial score (nSPS) is 17.6. The minimum absolute atomic E-state index is 0.0705. The van der Waals surface area contributed by atoms with Crippen molar-refractivity contribution >= 4 is 16.0 Å². The number of ether oxygens (including phenoxy) is 2. The van der Waals surface area contributed by atoms with Crippen LogP contribution in [0.2, 0.25) is 0 Å². The predicted molar refractivity (Wildman–Crippen MR) is 107 cm³/mol. The van der Waals surface area contributed by atoms with Gasteiger partial charge >= 0.3 is 12.1 Å². The maximum Gasteiger partial charge on any atom is 0.470 e. The molecule has 2 aliphatic rings. The Labute approximate surface area is 182 Å². The van der Waals surface area contributed by atoms with Crippen molar-refractivity contribution in [3.05, 3.63) is 52.6 Å². The summed E-state index contributed by atoms with van der Waals surface area (Å²) in [6.45, 7) is 3.91. The van der Waals surface area contributed by atoms with Crippen LogP contribution < -0.4 is 20.5 Å². The van der Waals surface area contributed by atoms with Gasteiger partial charge in [0.15, 0.2) is 11.5 Å². The van der Waals surface area contributed by atoms with Gasteiger partial charge in [0.2, 0.25) is 6.79 Å². The first-order chi connectivity index (χ1) is 14.9. The molecule has 0 radical (unpaired) electrons. The van der Waals surface area contributed by atoms with E-state index in [2.05, 4.69) is 18.0 Å². The standard InChI is InChI=1S/C18H19NO5S.C2H2F3NO/c1-11-14-6-7-19-9-16(15(14)8-17-18(11)24-10-23-17)12-2-4-13(5-3-12)25(20,21)22;3-2(4,5)1(6)7/h2-5,8,16,19H,6-7,9-10H2,1H3,(H,20,21,22);(H2,6,7). The molecule has 4 N–H and O–H groups in total. The molecular formula is C20H21F3N2O6S. The molecule has 1 atom stereocenters. The number of amides is 1. The zero-order chi connectivity index (χ0) is 23.7. The molecule has 1 unspecified atom stereocenters. The molecule has 1 amide bonds. The summed E-state index contributed by atoms with van der Waals surface area (Å²) in [5.41, 5.74) is 8.32. The number of primary amides is 1. The summed E-state index contributed by atoms with van der Waals surface area (Å²) in [5, 5.41) is 3.44. The number of hydrogen-bond donors (Lipinski definition) is 3. The quantitative estimate of drug-likeness (QED) is 0.570. The molecule has 2 aliphatic heterocycles. The number of carbonyl (C=O) groups is 1. The van der Waals surface area contributed by atoms with Gasteiger partial charge in [-0.25, -0.2) is 0 Å². The Morgan fingerprint density at radius 2 is 1.84 bits per heavy atom. The van der Waals surface area contributed by atoms with E-state index in [1.807, 2.05) is 6.07 Å². The van der Waals surface area contributed by atoms with Crippen molar-refractivity contribution in [3.63, 3.8) is 0 Å². The van der Waals surface area contributed by atoms with Crippen LogP contribution >= 0.6 is 0 Å². The lowest BCUT2D eigenvalue weighted by Gasteiger charge is -2.20. The average Bonchev–Trinajstić information content (AvgIpc) is 3.07. The number of nitrogens with one attached hydrogen (secondary N) is 1. The average molecular weight is 474 g/mol. The van der Waals surface area contributed by atoms with Crippen molar-refractivity contribution in [1.29, 1.82) is 0 Å². The summed E-state index contributed by atoms with van der Waals surface area (Å²) < 4.78 is 75.0. The molecule has 12 heteroatoms. The van der Waals surface area contributed by atoms with E-state index in [9.17, 15) is 21.6 Å². The van der Waals surface area contributed by atoms with Gasteiger partial charge in [0.25, 0.3) is 10.1 Å². The van der Waals surface area contributed by atoms with Crippen LogP contribution in [0.3, 0.4) is 0 Å². The molecule has 0 aromatic heterocycles. The lowest BCUT2D eigenvalue weighted by Crippen LogP contribution is -2.30. The minimum Gasteiger partial charge on any atom is -0.454 e. The molecule has 2 aromatic carbocycles. The lowest BCUT2D eigenvalue weighted by molar-refractivity contribution is -0.169.